The van der Waals surface area contributed by atoms with Crippen LogP contribution in [0.5, 0.6) is 0 Å². The van der Waals surface area contributed by atoms with Crippen molar-refractivity contribution in [2.75, 3.05) is 0 Å². The fourth-order valence-corrected chi connectivity index (χ4v) is 2.60. The summed E-state index contributed by atoms with van der Waals surface area (Å²) in [5.41, 5.74) is 1.86. The van der Waals surface area contributed by atoms with Gasteiger partial charge in [0.1, 0.15) is 0 Å². The molecule has 1 aromatic rings. The molecule has 0 heterocycles. The molecule has 0 aliphatic rings. The minimum Gasteiger partial charge on any atom is -0.308 e. The molecule has 1 N–H and O–H groups in total. The highest BCUT2D eigenvalue weighted by Crippen LogP contribution is 2.27. The molecule has 3 heteroatoms. The third-order valence-electron chi connectivity index (χ3n) is 2.66. The fourth-order valence-electron chi connectivity index (χ4n) is 2.33. The van der Waals surface area contributed by atoms with Gasteiger partial charge in [0.15, 0.2) is 0 Å². The van der Waals surface area contributed by atoms with E-state index in [0.29, 0.717) is 5.41 Å². The van der Waals surface area contributed by atoms with E-state index in [1.807, 2.05) is 0 Å². The van der Waals surface area contributed by atoms with Crippen LogP contribution in [-0.2, 0) is 6.54 Å². The number of hydrogen-bond donors (Lipinski definition) is 1. The van der Waals surface area contributed by atoms with Crippen molar-refractivity contribution in [2.45, 2.75) is 53.1 Å². The van der Waals surface area contributed by atoms with E-state index in [9.17, 15) is 0 Å². The molecule has 1 aromatic carbocycles. The summed E-state index contributed by atoms with van der Waals surface area (Å²) in [4.78, 5) is 0. The predicted molar refractivity (Wildman–Crippen MR) is 86.4 cm³/mol. The van der Waals surface area contributed by atoms with Gasteiger partial charge in [0.05, 0.1) is 0 Å². The van der Waals surface area contributed by atoms with Crippen molar-refractivity contribution in [3.8, 4) is 0 Å². The number of halogens is 2. The molecule has 0 amide bonds. The first-order chi connectivity index (χ1) is 7.68. The quantitative estimate of drug-likeness (QED) is 0.800. The first-order valence-corrected chi connectivity index (χ1v) is 6.97. The molecule has 0 aromatic heterocycles. The van der Waals surface area contributed by atoms with Crippen LogP contribution >= 0.6 is 28.3 Å². The Morgan fingerprint density at radius 3 is 1.94 bits per heavy atom. The third kappa shape index (κ3) is 7.40. The molecule has 0 saturated carbocycles. The highest BCUT2D eigenvalue weighted by atomic mass is 79.9. The zero-order valence-electron chi connectivity index (χ0n) is 12.0. The van der Waals surface area contributed by atoms with E-state index in [4.69, 9.17) is 0 Å². The van der Waals surface area contributed by atoms with Crippen molar-refractivity contribution in [1.29, 1.82) is 0 Å². The van der Waals surface area contributed by atoms with Gasteiger partial charge in [-0.2, -0.15) is 0 Å². The highest BCUT2D eigenvalue weighted by Gasteiger charge is 2.24. The zero-order chi connectivity index (χ0) is 13.1. The molecule has 0 saturated heterocycles. The van der Waals surface area contributed by atoms with Crippen molar-refractivity contribution in [3.05, 3.63) is 34.3 Å². The van der Waals surface area contributed by atoms with Crippen LogP contribution in [0, 0.1) is 5.41 Å². The van der Waals surface area contributed by atoms with Gasteiger partial charge in [-0.15, -0.1) is 12.4 Å². The Balaban J connectivity index is 0.00000289. The Kier molecular flexibility index (Phi) is 6.91. The normalized spacial score (nSPS) is 12.1. The van der Waals surface area contributed by atoms with Gasteiger partial charge in [0.25, 0.3) is 0 Å². The molecule has 0 aliphatic carbocycles. The first-order valence-electron chi connectivity index (χ1n) is 6.17. The number of rotatable bonds is 4. The summed E-state index contributed by atoms with van der Waals surface area (Å²) in [5, 5.41) is 3.64. The van der Waals surface area contributed by atoms with E-state index in [2.05, 4.69) is 80.1 Å². The second kappa shape index (κ2) is 6.93. The Morgan fingerprint density at radius 1 is 1.00 bits per heavy atom. The number of nitrogens with one attached hydrogen (secondary N) is 1. The third-order valence-corrected chi connectivity index (χ3v) is 3.19. The van der Waals surface area contributed by atoms with Crippen LogP contribution in [0.1, 0.15) is 46.6 Å². The molecule has 104 valence electrons. The maximum atomic E-state index is 3.64. The zero-order valence-corrected chi connectivity index (χ0v) is 14.4. The summed E-state index contributed by atoms with van der Waals surface area (Å²) >= 11 is 3.46. The topological polar surface area (TPSA) is 12.0 Å². The summed E-state index contributed by atoms with van der Waals surface area (Å²) in [5.74, 6) is 0. The van der Waals surface area contributed by atoms with Crippen LogP contribution in [-0.4, -0.2) is 5.54 Å². The molecule has 0 radical (unpaired) electrons. The molecule has 18 heavy (non-hydrogen) atoms. The molecule has 0 fully saturated rings. The average molecular weight is 335 g/mol. The van der Waals surface area contributed by atoms with Gasteiger partial charge in [-0.05, 0) is 43.4 Å². The van der Waals surface area contributed by atoms with E-state index in [1.165, 1.54) is 5.56 Å². The van der Waals surface area contributed by atoms with Crippen LogP contribution in [0.2, 0.25) is 0 Å². The minimum absolute atomic E-state index is 0. The van der Waals surface area contributed by atoms with Crippen LogP contribution in [0.4, 0.5) is 0 Å². The van der Waals surface area contributed by atoms with Gasteiger partial charge >= 0.3 is 0 Å². The summed E-state index contributed by atoms with van der Waals surface area (Å²) in [6, 6.07) is 8.50. The molecule has 1 rings (SSSR count). The molecule has 0 atom stereocenters. The van der Waals surface area contributed by atoms with E-state index < -0.39 is 0 Å². The lowest BCUT2D eigenvalue weighted by atomic mass is 9.82. The Labute approximate surface area is 126 Å². The fraction of sp³-hybridized carbons (Fsp3) is 0.600. The van der Waals surface area contributed by atoms with Crippen molar-refractivity contribution >= 4 is 28.3 Å². The van der Waals surface area contributed by atoms with Gasteiger partial charge in [0.2, 0.25) is 0 Å². The Bertz CT molecular complexity index is 352. The summed E-state index contributed by atoms with van der Waals surface area (Å²) in [6.45, 7) is 12.3. The van der Waals surface area contributed by atoms with Crippen LogP contribution < -0.4 is 5.32 Å². The standard InChI is InChI=1S/C15H24BrN.ClH/c1-14(2,3)11-15(4,5)17-10-12-6-8-13(16)9-7-12;/h6-9,17H,10-11H2,1-5H3;1H. The van der Waals surface area contributed by atoms with Crippen molar-refractivity contribution in [1.82, 2.24) is 5.32 Å². The van der Waals surface area contributed by atoms with E-state index >= 15 is 0 Å². The Hall–Kier alpha value is -0.0500. The van der Waals surface area contributed by atoms with Gasteiger partial charge < -0.3 is 5.32 Å². The molecule has 0 aliphatic heterocycles. The minimum atomic E-state index is 0. The Morgan fingerprint density at radius 2 is 1.50 bits per heavy atom. The molecule has 0 unspecified atom stereocenters. The van der Waals surface area contributed by atoms with Gasteiger partial charge in [-0.3, -0.25) is 0 Å². The second-order valence-corrected chi connectivity index (χ2v) is 7.52. The van der Waals surface area contributed by atoms with E-state index in [0.717, 1.165) is 17.4 Å². The second-order valence-electron chi connectivity index (χ2n) is 6.60. The number of hydrogen-bond acceptors (Lipinski definition) is 1. The predicted octanol–water partition coefficient (Wildman–Crippen LogP) is 5.18. The van der Waals surface area contributed by atoms with Crippen LogP contribution in [0.15, 0.2) is 28.7 Å². The summed E-state index contributed by atoms with van der Waals surface area (Å²) < 4.78 is 1.13. The van der Waals surface area contributed by atoms with Crippen LogP contribution in [0.3, 0.4) is 0 Å². The molecular formula is C15H25BrClN. The highest BCUT2D eigenvalue weighted by molar-refractivity contribution is 9.10. The van der Waals surface area contributed by atoms with Gasteiger partial charge in [-0.1, -0.05) is 48.8 Å². The molecule has 1 nitrogen and oxygen atoms in total. The summed E-state index contributed by atoms with van der Waals surface area (Å²) in [6.07, 6.45) is 1.16. The maximum absolute atomic E-state index is 3.64. The molecule has 0 spiro atoms. The monoisotopic (exact) mass is 333 g/mol. The average Bonchev–Trinajstić information content (AvgIpc) is 2.13. The molecule has 0 bridgehead atoms. The van der Waals surface area contributed by atoms with Crippen molar-refractivity contribution in [2.24, 2.45) is 5.41 Å². The lowest BCUT2D eigenvalue weighted by Gasteiger charge is -2.33. The smallest absolute Gasteiger partial charge is 0.0210 e. The van der Waals surface area contributed by atoms with Crippen molar-refractivity contribution < 1.29 is 0 Å². The van der Waals surface area contributed by atoms with Crippen molar-refractivity contribution in [3.63, 3.8) is 0 Å². The molecular weight excluding hydrogens is 310 g/mol. The first kappa shape index (κ1) is 17.9. The lowest BCUT2D eigenvalue weighted by Crippen LogP contribution is -2.41. The summed E-state index contributed by atoms with van der Waals surface area (Å²) in [7, 11) is 0. The van der Waals surface area contributed by atoms with Gasteiger partial charge in [0, 0.05) is 16.6 Å². The SMILES string of the molecule is CC(C)(C)CC(C)(C)NCc1ccc(Br)cc1.Cl. The van der Waals surface area contributed by atoms with Gasteiger partial charge in [-0.25, -0.2) is 0 Å². The maximum Gasteiger partial charge on any atom is 0.0210 e. The van der Waals surface area contributed by atoms with Crippen LogP contribution in [0.25, 0.3) is 0 Å². The number of benzene rings is 1. The lowest BCUT2D eigenvalue weighted by molar-refractivity contribution is 0.241. The largest absolute Gasteiger partial charge is 0.308 e. The van der Waals surface area contributed by atoms with E-state index in [-0.39, 0.29) is 17.9 Å². The van der Waals surface area contributed by atoms with E-state index in [1.54, 1.807) is 0 Å².